The summed E-state index contributed by atoms with van der Waals surface area (Å²) in [4.78, 5) is 11.6. The molecule has 0 aliphatic rings. The second-order valence-electron chi connectivity index (χ2n) is 5.13. The Morgan fingerprint density at radius 3 is 2.40 bits per heavy atom. The van der Waals surface area contributed by atoms with Gasteiger partial charge in [-0.3, -0.25) is 0 Å². The van der Waals surface area contributed by atoms with Crippen molar-refractivity contribution in [2.45, 2.75) is 11.3 Å². The SMILES string of the molecule is COC(=O)c1cc(S(=O)(=O)NCCc2ccc(OC)cc2)ccc1Cl. The molecule has 134 valence electrons. The van der Waals surface area contributed by atoms with Crippen molar-refractivity contribution in [2.75, 3.05) is 20.8 Å². The average molecular weight is 384 g/mol. The first-order valence-electron chi connectivity index (χ1n) is 7.38. The van der Waals surface area contributed by atoms with Crippen molar-refractivity contribution >= 4 is 27.6 Å². The molecule has 0 fully saturated rings. The Labute approximate surface area is 151 Å². The predicted octanol–water partition coefficient (Wildman–Crippen LogP) is 2.66. The van der Waals surface area contributed by atoms with Crippen molar-refractivity contribution in [1.82, 2.24) is 4.72 Å². The van der Waals surface area contributed by atoms with Crippen LogP contribution in [0.4, 0.5) is 0 Å². The van der Waals surface area contributed by atoms with E-state index >= 15 is 0 Å². The van der Waals surface area contributed by atoms with Gasteiger partial charge < -0.3 is 9.47 Å². The number of benzene rings is 2. The second-order valence-corrected chi connectivity index (χ2v) is 7.30. The molecule has 0 bridgehead atoms. The summed E-state index contributed by atoms with van der Waals surface area (Å²) >= 11 is 5.90. The van der Waals surface area contributed by atoms with E-state index in [1.807, 2.05) is 24.3 Å². The van der Waals surface area contributed by atoms with Crippen molar-refractivity contribution in [3.8, 4) is 5.75 Å². The third kappa shape index (κ3) is 4.94. The number of carbonyl (C=O) groups is 1. The molecular formula is C17H18ClNO5S. The molecule has 2 rings (SSSR count). The lowest BCUT2D eigenvalue weighted by molar-refractivity contribution is 0.0600. The summed E-state index contributed by atoms with van der Waals surface area (Å²) in [5.41, 5.74) is 0.969. The Morgan fingerprint density at radius 2 is 1.80 bits per heavy atom. The van der Waals surface area contributed by atoms with Crippen molar-refractivity contribution in [3.63, 3.8) is 0 Å². The van der Waals surface area contributed by atoms with Gasteiger partial charge in [-0.15, -0.1) is 0 Å². The molecule has 0 saturated carbocycles. The van der Waals surface area contributed by atoms with Crippen LogP contribution in [-0.2, 0) is 21.2 Å². The van der Waals surface area contributed by atoms with Crippen LogP contribution in [0.5, 0.6) is 5.75 Å². The molecule has 0 heterocycles. The van der Waals surface area contributed by atoms with E-state index in [4.69, 9.17) is 16.3 Å². The highest BCUT2D eigenvalue weighted by atomic mass is 35.5. The molecule has 0 spiro atoms. The molecule has 0 unspecified atom stereocenters. The summed E-state index contributed by atoms with van der Waals surface area (Å²) < 4.78 is 36.9. The van der Waals surface area contributed by atoms with Crippen LogP contribution in [0.3, 0.4) is 0 Å². The van der Waals surface area contributed by atoms with Gasteiger partial charge in [0, 0.05) is 6.54 Å². The minimum Gasteiger partial charge on any atom is -0.497 e. The van der Waals surface area contributed by atoms with Crippen LogP contribution < -0.4 is 9.46 Å². The summed E-state index contributed by atoms with van der Waals surface area (Å²) in [5, 5.41) is 0.129. The number of hydrogen-bond acceptors (Lipinski definition) is 5. The Hall–Kier alpha value is -2.09. The zero-order valence-electron chi connectivity index (χ0n) is 13.8. The number of nitrogens with one attached hydrogen (secondary N) is 1. The van der Waals surface area contributed by atoms with E-state index in [9.17, 15) is 13.2 Å². The lowest BCUT2D eigenvalue weighted by Crippen LogP contribution is -2.26. The van der Waals surface area contributed by atoms with Crippen LogP contribution in [0.2, 0.25) is 5.02 Å². The standard InChI is InChI=1S/C17H18ClNO5S/c1-23-13-5-3-12(4-6-13)9-10-19-25(21,22)14-7-8-16(18)15(11-14)17(20)24-2/h3-8,11,19H,9-10H2,1-2H3. The third-order valence-corrected chi connectivity index (χ3v) is 5.31. The third-order valence-electron chi connectivity index (χ3n) is 3.52. The zero-order chi connectivity index (χ0) is 18.4. The van der Waals surface area contributed by atoms with Gasteiger partial charge in [-0.1, -0.05) is 23.7 Å². The summed E-state index contributed by atoms with van der Waals surface area (Å²) in [6.45, 7) is 0.213. The van der Waals surface area contributed by atoms with Crippen molar-refractivity contribution in [1.29, 1.82) is 0 Å². The summed E-state index contributed by atoms with van der Waals surface area (Å²) in [6, 6.07) is 11.2. The first-order chi connectivity index (χ1) is 11.9. The van der Waals surface area contributed by atoms with Gasteiger partial charge in [0.2, 0.25) is 10.0 Å². The maximum atomic E-state index is 12.4. The van der Waals surface area contributed by atoms with Gasteiger partial charge in [0.05, 0.1) is 29.7 Å². The van der Waals surface area contributed by atoms with Gasteiger partial charge >= 0.3 is 5.97 Å². The van der Waals surface area contributed by atoms with Gasteiger partial charge in [0.25, 0.3) is 0 Å². The Kier molecular flexibility index (Phi) is 6.41. The Bertz CT molecular complexity index is 850. The lowest BCUT2D eigenvalue weighted by atomic mass is 10.1. The van der Waals surface area contributed by atoms with E-state index in [0.29, 0.717) is 6.42 Å². The molecule has 2 aromatic rings. The monoisotopic (exact) mass is 383 g/mol. The average Bonchev–Trinajstić information content (AvgIpc) is 2.61. The van der Waals surface area contributed by atoms with Crippen molar-refractivity contribution in [2.24, 2.45) is 0 Å². The first kappa shape index (κ1) is 19.2. The smallest absolute Gasteiger partial charge is 0.339 e. The molecule has 0 atom stereocenters. The van der Waals surface area contributed by atoms with Crippen LogP contribution in [0.25, 0.3) is 0 Å². The topological polar surface area (TPSA) is 81.7 Å². The maximum Gasteiger partial charge on any atom is 0.339 e. The zero-order valence-corrected chi connectivity index (χ0v) is 15.4. The van der Waals surface area contributed by atoms with Gasteiger partial charge in [0.1, 0.15) is 5.75 Å². The molecule has 0 aliphatic heterocycles. The van der Waals surface area contributed by atoms with Gasteiger partial charge in [-0.2, -0.15) is 0 Å². The number of sulfonamides is 1. The highest BCUT2D eigenvalue weighted by Gasteiger charge is 2.18. The van der Waals surface area contributed by atoms with Crippen LogP contribution in [0, 0.1) is 0 Å². The lowest BCUT2D eigenvalue weighted by Gasteiger charge is -2.09. The molecular weight excluding hydrogens is 366 g/mol. The molecule has 0 saturated heterocycles. The van der Waals surface area contributed by atoms with E-state index < -0.39 is 16.0 Å². The van der Waals surface area contributed by atoms with Crippen LogP contribution in [0.15, 0.2) is 47.4 Å². The highest BCUT2D eigenvalue weighted by Crippen LogP contribution is 2.21. The van der Waals surface area contributed by atoms with Crippen molar-refractivity contribution in [3.05, 3.63) is 58.6 Å². The van der Waals surface area contributed by atoms with Crippen LogP contribution in [0.1, 0.15) is 15.9 Å². The summed E-state index contributed by atoms with van der Waals surface area (Å²) in [5.74, 6) is 0.0427. The van der Waals surface area contributed by atoms with E-state index in [1.165, 1.54) is 25.3 Å². The van der Waals surface area contributed by atoms with Gasteiger partial charge in [0.15, 0.2) is 0 Å². The fourth-order valence-corrected chi connectivity index (χ4v) is 3.40. The maximum absolute atomic E-state index is 12.4. The number of carbonyl (C=O) groups excluding carboxylic acids is 1. The molecule has 0 radical (unpaired) electrons. The number of hydrogen-bond donors (Lipinski definition) is 1. The Balaban J connectivity index is 2.07. The van der Waals surface area contributed by atoms with Gasteiger partial charge in [-0.25, -0.2) is 17.9 Å². The minimum absolute atomic E-state index is 0.00203. The number of halogens is 1. The number of rotatable bonds is 7. The molecule has 0 aliphatic carbocycles. The minimum atomic E-state index is -3.77. The molecule has 1 N–H and O–H groups in total. The fourth-order valence-electron chi connectivity index (χ4n) is 2.14. The number of ether oxygens (including phenoxy) is 2. The van der Waals surface area contributed by atoms with E-state index in [-0.39, 0.29) is 22.0 Å². The van der Waals surface area contributed by atoms with Crippen LogP contribution in [-0.4, -0.2) is 35.2 Å². The van der Waals surface area contributed by atoms with E-state index in [1.54, 1.807) is 7.11 Å². The molecule has 6 nitrogen and oxygen atoms in total. The van der Waals surface area contributed by atoms with E-state index in [0.717, 1.165) is 11.3 Å². The van der Waals surface area contributed by atoms with E-state index in [2.05, 4.69) is 9.46 Å². The van der Waals surface area contributed by atoms with Gasteiger partial charge in [-0.05, 0) is 42.3 Å². The highest BCUT2D eigenvalue weighted by molar-refractivity contribution is 7.89. The quantitative estimate of drug-likeness (QED) is 0.743. The number of methoxy groups -OCH3 is 2. The molecule has 0 aromatic heterocycles. The molecule has 25 heavy (non-hydrogen) atoms. The summed E-state index contributed by atoms with van der Waals surface area (Å²) in [6.07, 6.45) is 0.515. The fraction of sp³-hybridized carbons (Fsp3) is 0.235. The van der Waals surface area contributed by atoms with Crippen molar-refractivity contribution < 1.29 is 22.7 Å². The number of esters is 1. The molecule has 8 heteroatoms. The second kappa shape index (κ2) is 8.33. The van der Waals surface area contributed by atoms with Crippen LogP contribution >= 0.6 is 11.6 Å². The molecule has 0 amide bonds. The first-order valence-corrected chi connectivity index (χ1v) is 9.24. The summed E-state index contributed by atoms with van der Waals surface area (Å²) in [7, 11) is -0.983. The normalized spacial score (nSPS) is 11.2. The predicted molar refractivity (Wildman–Crippen MR) is 94.7 cm³/mol. The molecule has 2 aromatic carbocycles. The Morgan fingerprint density at radius 1 is 1.12 bits per heavy atom. The largest absolute Gasteiger partial charge is 0.497 e.